The molecule has 0 bridgehead atoms. The number of benzene rings is 1. The van der Waals surface area contributed by atoms with E-state index in [2.05, 4.69) is 44.5 Å². The molecule has 19 heavy (non-hydrogen) atoms. The molecule has 3 rings (SSSR count). The van der Waals surface area contributed by atoms with Crippen LogP contribution in [0.5, 0.6) is 0 Å². The zero-order valence-electron chi connectivity index (χ0n) is 10.4. The fourth-order valence-corrected chi connectivity index (χ4v) is 2.25. The third-order valence-electron chi connectivity index (χ3n) is 2.92. The van der Waals surface area contributed by atoms with Gasteiger partial charge in [0.2, 0.25) is 5.28 Å². The van der Waals surface area contributed by atoms with Crippen molar-refractivity contribution in [2.24, 2.45) is 0 Å². The first kappa shape index (κ1) is 12.0. The molecule has 0 aliphatic carbocycles. The van der Waals surface area contributed by atoms with Gasteiger partial charge >= 0.3 is 0 Å². The van der Waals surface area contributed by atoms with Crippen LogP contribution in [0.4, 0.5) is 5.82 Å². The number of hydrogen-bond donors (Lipinski definition) is 2. The van der Waals surface area contributed by atoms with E-state index >= 15 is 0 Å². The minimum atomic E-state index is 0.267. The molecule has 1 aromatic carbocycles. The Morgan fingerprint density at radius 1 is 1.21 bits per heavy atom. The molecular formula is C14H13ClN4. The summed E-state index contributed by atoms with van der Waals surface area (Å²) in [6, 6.07) is 10.2. The maximum Gasteiger partial charge on any atom is 0.224 e. The number of hydrogen-bond acceptors (Lipinski definition) is 3. The molecule has 4 nitrogen and oxygen atoms in total. The van der Waals surface area contributed by atoms with Crippen molar-refractivity contribution in [3.63, 3.8) is 0 Å². The lowest BCUT2D eigenvalue weighted by Gasteiger charge is -2.07. The predicted octanol–water partition coefficient (Wildman–Crippen LogP) is 3.53. The first-order valence-corrected chi connectivity index (χ1v) is 6.39. The number of anilines is 1. The summed E-state index contributed by atoms with van der Waals surface area (Å²) >= 11 is 5.83. The van der Waals surface area contributed by atoms with Crippen LogP contribution in [0.15, 0.2) is 36.5 Å². The maximum atomic E-state index is 5.83. The van der Waals surface area contributed by atoms with Crippen LogP contribution in [-0.4, -0.2) is 15.0 Å². The van der Waals surface area contributed by atoms with Gasteiger partial charge in [-0.3, -0.25) is 0 Å². The van der Waals surface area contributed by atoms with E-state index in [1.54, 1.807) is 0 Å². The van der Waals surface area contributed by atoms with Gasteiger partial charge in [0.05, 0.1) is 0 Å². The minimum Gasteiger partial charge on any atom is -0.366 e. The Labute approximate surface area is 115 Å². The number of aromatic amines is 1. The highest BCUT2D eigenvalue weighted by Gasteiger charge is 2.01. The topological polar surface area (TPSA) is 53.6 Å². The summed E-state index contributed by atoms with van der Waals surface area (Å²) in [6.07, 6.45) is 1.94. The summed E-state index contributed by atoms with van der Waals surface area (Å²) in [7, 11) is 0. The van der Waals surface area contributed by atoms with Gasteiger partial charge in [-0.25, -0.2) is 9.97 Å². The van der Waals surface area contributed by atoms with Gasteiger partial charge in [0.1, 0.15) is 5.82 Å². The number of fused-ring (bicyclic) bond motifs is 1. The minimum absolute atomic E-state index is 0.267. The van der Waals surface area contributed by atoms with Gasteiger partial charge in [-0.2, -0.15) is 0 Å². The maximum absolute atomic E-state index is 5.83. The van der Waals surface area contributed by atoms with Crippen molar-refractivity contribution in [1.82, 2.24) is 15.0 Å². The van der Waals surface area contributed by atoms with Crippen molar-refractivity contribution in [3.05, 3.63) is 53.1 Å². The second kappa shape index (κ2) is 4.90. The molecule has 0 fully saturated rings. The van der Waals surface area contributed by atoms with E-state index in [4.69, 9.17) is 11.6 Å². The molecule has 0 radical (unpaired) electrons. The number of nitrogens with one attached hydrogen (secondary N) is 2. The highest BCUT2D eigenvalue weighted by atomic mass is 35.5. The van der Waals surface area contributed by atoms with E-state index in [1.165, 1.54) is 10.9 Å². The van der Waals surface area contributed by atoms with Gasteiger partial charge < -0.3 is 10.3 Å². The third-order valence-corrected chi connectivity index (χ3v) is 3.09. The van der Waals surface area contributed by atoms with Crippen molar-refractivity contribution in [2.45, 2.75) is 13.5 Å². The molecule has 2 N–H and O–H groups in total. The van der Waals surface area contributed by atoms with E-state index in [1.807, 2.05) is 19.2 Å². The van der Waals surface area contributed by atoms with Gasteiger partial charge in [0, 0.05) is 30.0 Å². The third kappa shape index (κ3) is 2.69. The SMILES string of the molecule is Cc1cc(NCc2ccc3[nH]ccc3c2)nc(Cl)n1. The molecular weight excluding hydrogens is 260 g/mol. The van der Waals surface area contributed by atoms with E-state index < -0.39 is 0 Å². The fraction of sp³-hybridized carbons (Fsp3) is 0.143. The van der Waals surface area contributed by atoms with Crippen LogP contribution in [0.25, 0.3) is 10.9 Å². The Balaban J connectivity index is 1.77. The van der Waals surface area contributed by atoms with Crippen molar-refractivity contribution in [1.29, 1.82) is 0 Å². The molecule has 0 saturated heterocycles. The van der Waals surface area contributed by atoms with Crippen molar-refractivity contribution in [3.8, 4) is 0 Å². The largest absolute Gasteiger partial charge is 0.366 e. The highest BCUT2D eigenvalue weighted by molar-refractivity contribution is 6.28. The van der Waals surface area contributed by atoms with Crippen molar-refractivity contribution in [2.75, 3.05) is 5.32 Å². The van der Waals surface area contributed by atoms with Crippen molar-refractivity contribution < 1.29 is 0 Å². The van der Waals surface area contributed by atoms with Gasteiger partial charge in [0.15, 0.2) is 0 Å². The van der Waals surface area contributed by atoms with Gasteiger partial charge in [-0.1, -0.05) is 6.07 Å². The fourth-order valence-electron chi connectivity index (χ4n) is 2.03. The Morgan fingerprint density at radius 2 is 2.11 bits per heavy atom. The molecule has 2 heterocycles. The molecule has 0 aliphatic rings. The lowest BCUT2D eigenvalue weighted by molar-refractivity contribution is 1.06. The number of H-pyrrole nitrogens is 1. The molecule has 0 atom stereocenters. The summed E-state index contributed by atoms with van der Waals surface area (Å²) in [4.78, 5) is 11.3. The molecule has 0 unspecified atom stereocenters. The molecule has 0 spiro atoms. The Kier molecular flexibility index (Phi) is 3.09. The Hall–Kier alpha value is -2.07. The van der Waals surface area contributed by atoms with Crippen LogP contribution in [-0.2, 0) is 6.54 Å². The highest BCUT2D eigenvalue weighted by Crippen LogP contribution is 2.16. The molecule has 96 valence electrons. The summed E-state index contributed by atoms with van der Waals surface area (Å²) in [6.45, 7) is 2.60. The van der Waals surface area contributed by atoms with E-state index in [9.17, 15) is 0 Å². The molecule has 2 aromatic heterocycles. The van der Waals surface area contributed by atoms with E-state index in [0.717, 1.165) is 17.0 Å². The van der Waals surface area contributed by atoms with Gasteiger partial charge in [-0.05, 0) is 47.7 Å². The lowest BCUT2D eigenvalue weighted by atomic mass is 10.1. The molecule has 0 amide bonds. The Morgan fingerprint density at radius 3 is 2.95 bits per heavy atom. The monoisotopic (exact) mass is 272 g/mol. The van der Waals surface area contributed by atoms with E-state index in [0.29, 0.717) is 6.54 Å². The Bertz CT molecular complexity index is 700. The number of rotatable bonds is 3. The first-order chi connectivity index (χ1) is 9.20. The van der Waals surface area contributed by atoms with Gasteiger partial charge in [0.25, 0.3) is 0 Å². The number of nitrogens with zero attached hydrogens (tertiary/aromatic N) is 2. The van der Waals surface area contributed by atoms with E-state index in [-0.39, 0.29) is 5.28 Å². The predicted molar refractivity (Wildman–Crippen MR) is 77.4 cm³/mol. The van der Waals surface area contributed by atoms with Gasteiger partial charge in [-0.15, -0.1) is 0 Å². The van der Waals surface area contributed by atoms with Crippen LogP contribution in [0.3, 0.4) is 0 Å². The second-order valence-electron chi connectivity index (χ2n) is 4.42. The average Bonchev–Trinajstić information content (AvgIpc) is 2.82. The van der Waals surface area contributed by atoms with Crippen LogP contribution >= 0.6 is 11.6 Å². The second-order valence-corrected chi connectivity index (χ2v) is 4.75. The smallest absolute Gasteiger partial charge is 0.224 e. The first-order valence-electron chi connectivity index (χ1n) is 6.02. The average molecular weight is 273 g/mol. The number of halogens is 1. The molecule has 3 aromatic rings. The summed E-state index contributed by atoms with van der Waals surface area (Å²) in [5.74, 6) is 0.742. The summed E-state index contributed by atoms with van der Waals surface area (Å²) in [5, 5.41) is 4.73. The summed E-state index contributed by atoms with van der Waals surface area (Å²) in [5.41, 5.74) is 3.19. The standard InChI is InChI=1S/C14H13ClN4/c1-9-6-13(19-14(15)18-9)17-8-10-2-3-12-11(7-10)4-5-16-12/h2-7,16H,8H2,1H3,(H,17,18,19). The van der Waals surface area contributed by atoms with Crippen molar-refractivity contribution >= 4 is 28.3 Å². The van der Waals surface area contributed by atoms with Crippen LogP contribution in [0, 0.1) is 6.92 Å². The summed E-state index contributed by atoms with van der Waals surface area (Å²) < 4.78 is 0. The number of aromatic nitrogens is 3. The lowest BCUT2D eigenvalue weighted by Crippen LogP contribution is -2.02. The number of aryl methyl sites for hydroxylation is 1. The van der Waals surface area contributed by atoms with Crippen LogP contribution < -0.4 is 5.32 Å². The quantitative estimate of drug-likeness (QED) is 0.717. The van der Waals surface area contributed by atoms with Crippen LogP contribution in [0.1, 0.15) is 11.3 Å². The molecule has 0 saturated carbocycles. The zero-order chi connectivity index (χ0) is 13.2. The molecule has 0 aliphatic heterocycles. The van der Waals surface area contributed by atoms with Crippen LogP contribution in [0.2, 0.25) is 5.28 Å². The zero-order valence-corrected chi connectivity index (χ0v) is 11.2. The molecule has 5 heteroatoms. The normalized spacial score (nSPS) is 10.8.